The summed E-state index contributed by atoms with van der Waals surface area (Å²) in [5, 5.41) is 0. The van der Waals surface area contributed by atoms with Gasteiger partial charge in [0.2, 0.25) is 5.96 Å². The Morgan fingerprint density at radius 1 is 0.833 bits per heavy atom. The van der Waals surface area contributed by atoms with Crippen molar-refractivity contribution in [2.75, 3.05) is 53.2 Å². The first-order chi connectivity index (χ1) is 17.0. The molecule has 14 nitrogen and oxygen atoms in total. The first kappa shape index (κ1) is 33.4. The zero-order valence-electron chi connectivity index (χ0n) is 21.8. The summed E-state index contributed by atoms with van der Waals surface area (Å²) >= 11 is 0. The van der Waals surface area contributed by atoms with Crippen LogP contribution in [0.25, 0.3) is 0 Å². The molecule has 0 aliphatic rings. The Bertz CT molecular complexity index is 700. The van der Waals surface area contributed by atoms with Gasteiger partial charge in [-0.05, 0) is 53.4 Å². The molecule has 15 heteroatoms. The molecule has 0 atom stereocenters. The molecule has 0 unspecified atom stereocenters. The van der Waals surface area contributed by atoms with Gasteiger partial charge in [-0.3, -0.25) is 13.8 Å². The highest BCUT2D eigenvalue weighted by molar-refractivity contribution is 7.52. The maximum Gasteiger partial charge on any atom is 0.508 e. The van der Waals surface area contributed by atoms with E-state index in [-0.39, 0.29) is 58.2 Å². The predicted molar refractivity (Wildman–Crippen MR) is 129 cm³/mol. The summed E-state index contributed by atoms with van der Waals surface area (Å²) in [6.45, 7) is 7.09. The number of carbonyl (C=O) groups is 3. The highest BCUT2D eigenvalue weighted by Crippen LogP contribution is 2.50. The third-order valence-electron chi connectivity index (χ3n) is 3.90. The normalized spacial score (nSPS) is 11.7. The molecule has 0 aromatic rings. The van der Waals surface area contributed by atoms with Crippen molar-refractivity contribution in [1.82, 2.24) is 4.90 Å². The van der Waals surface area contributed by atoms with Crippen molar-refractivity contribution in [2.24, 2.45) is 10.5 Å². The molecule has 0 rings (SSSR count). The molecule has 0 saturated carbocycles. The summed E-state index contributed by atoms with van der Waals surface area (Å²) in [6, 6.07) is 0. The minimum Gasteiger partial charge on any atom is -0.462 e. The maximum absolute atomic E-state index is 13.2. The number of carbonyl (C=O) groups excluding carboxylic acids is 3. The van der Waals surface area contributed by atoms with E-state index in [0.29, 0.717) is 25.7 Å². The van der Waals surface area contributed by atoms with Gasteiger partial charge in [-0.2, -0.15) is 0 Å². The van der Waals surface area contributed by atoms with Crippen LogP contribution in [0.2, 0.25) is 0 Å². The molecule has 36 heavy (non-hydrogen) atoms. The molecule has 0 fully saturated rings. The summed E-state index contributed by atoms with van der Waals surface area (Å²) in [5.74, 6) is -0.777. The van der Waals surface area contributed by atoms with Crippen LogP contribution in [0.3, 0.4) is 0 Å². The van der Waals surface area contributed by atoms with Gasteiger partial charge in [0.1, 0.15) is 6.54 Å². The van der Waals surface area contributed by atoms with Gasteiger partial charge in [0.05, 0.1) is 45.7 Å². The molecule has 0 aliphatic heterocycles. The highest BCUT2D eigenvalue weighted by atomic mass is 31.2. The first-order valence-electron chi connectivity index (χ1n) is 11.8. The lowest BCUT2D eigenvalue weighted by molar-refractivity contribution is -0.147. The van der Waals surface area contributed by atoms with E-state index in [9.17, 15) is 18.9 Å². The van der Waals surface area contributed by atoms with Crippen LogP contribution in [-0.2, 0) is 42.1 Å². The SMILES string of the molecule is CCOC(=O)OCCCCOP(=O)(/N=C(\N)N(C)CC(=O)OC(C)C)OCCCCOC(=O)OCC. The maximum atomic E-state index is 13.2. The summed E-state index contributed by atoms with van der Waals surface area (Å²) in [7, 11) is -2.58. The Balaban J connectivity index is 4.85. The van der Waals surface area contributed by atoms with Crippen LogP contribution >= 0.6 is 7.75 Å². The number of nitrogens with zero attached hydrogens (tertiary/aromatic N) is 2. The molecule has 2 N–H and O–H groups in total. The number of nitrogens with two attached hydrogens (primary N) is 1. The summed E-state index contributed by atoms with van der Waals surface area (Å²) in [4.78, 5) is 35.5. The number of rotatable bonds is 18. The van der Waals surface area contributed by atoms with E-state index in [1.807, 2.05) is 0 Å². The summed E-state index contributed by atoms with van der Waals surface area (Å²) in [5.41, 5.74) is 5.90. The number of hydrogen-bond acceptors (Lipinski definition) is 11. The fourth-order valence-electron chi connectivity index (χ4n) is 2.27. The molecule has 0 saturated heterocycles. The van der Waals surface area contributed by atoms with E-state index in [1.165, 1.54) is 11.9 Å². The van der Waals surface area contributed by atoms with Crippen molar-refractivity contribution in [3.63, 3.8) is 0 Å². The molecule has 210 valence electrons. The molecule has 0 aromatic carbocycles. The van der Waals surface area contributed by atoms with Crippen LogP contribution in [-0.4, -0.2) is 88.5 Å². The third-order valence-corrected chi connectivity index (χ3v) is 5.37. The van der Waals surface area contributed by atoms with E-state index in [2.05, 4.69) is 14.2 Å². The van der Waals surface area contributed by atoms with Crippen molar-refractivity contribution >= 4 is 32.0 Å². The molecule has 0 spiro atoms. The second-order valence-corrected chi connectivity index (χ2v) is 9.12. The van der Waals surface area contributed by atoms with E-state index in [4.69, 9.17) is 29.0 Å². The van der Waals surface area contributed by atoms with Crippen LogP contribution in [0, 0.1) is 0 Å². The quantitative estimate of drug-likeness (QED) is 0.0669. The third kappa shape index (κ3) is 17.8. The molecule has 0 heterocycles. The number of esters is 1. The monoisotopic (exact) mass is 541 g/mol. The summed E-state index contributed by atoms with van der Waals surface area (Å²) < 4.78 is 51.9. The molecule has 0 amide bonds. The average molecular weight is 542 g/mol. The Hall–Kier alpha value is -2.57. The smallest absolute Gasteiger partial charge is 0.462 e. The number of ether oxygens (including phenoxy) is 5. The predicted octanol–water partition coefficient (Wildman–Crippen LogP) is 3.23. The van der Waals surface area contributed by atoms with E-state index >= 15 is 0 Å². The van der Waals surface area contributed by atoms with Gasteiger partial charge >= 0.3 is 26.0 Å². The zero-order valence-corrected chi connectivity index (χ0v) is 22.7. The molecule has 0 aliphatic carbocycles. The van der Waals surface area contributed by atoms with Gasteiger partial charge in [0.25, 0.3) is 0 Å². The molecular formula is C21H40N3O11P. The average Bonchev–Trinajstić information content (AvgIpc) is 2.78. The largest absolute Gasteiger partial charge is 0.508 e. The lowest BCUT2D eigenvalue weighted by atomic mass is 10.3. The number of hydrogen-bond donors (Lipinski definition) is 1. The van der Waals surface area contributed by atoms with Crippen LogP contribution in [0.5, 0.6) is 0 Å². The minimum atomic E-state index is -4.05. The molecule has 0 aromatic heterocycles. The van der Waals surface area contributed by atoms with E-state index in [0.717, 1.165) is 0 Å². The van der Waals surface area contributed by atoms with Gasteiger partial charge in [0.15, 0.2) is 0 Å². The lowest BCUT2D eigenvalue weighted by Crippen LogP contribution is -2.38. The topological polar surface area (TPSA) is 175 Å². The first-order valence-corrected chi connectivity index (χ1v) is 13.3. The van der Waals surface area contributed by atoms with Gasteiger partial charge in [-0.1, -0.05) is 0 Å². The van der Waals surface area contributed by atoms with Gasteiger partial charge in [0, 0.05) is 7.05 Å². The second kappa shape index (κ2) is 19.6. The minimum absolute atomic E-state index is 0.0225. The van der Waals surface area contributed by atoms with Crippen LogP contribution in [0.1, 0.15) is 53.4 Å². The van der Waals surface area contributed by atoms with E-state index in [1.54, 1.807) is 27.7 Å². The van der Waals surface area contributed by atoms with Crippen LogP contribution < -0.4 is 5.73 Å². The van der Waals surface area contributed by atoms with Gasteiger partial charge in [-0.15, -0.1) is 4.76 Å². The van der Waals surface area contributed by atoms with Crippen LogP contribution in [0.4, 0.5) is 9.59 Å². The van der Waals surface area contributed by atoms with Crippen molar-refractivity contribution < 1.29 is 51.7 Å². The second-order valence-electron chi connectivity index (χ2n) is 7.47. The number of likely N-dealkylation sites (N-methyl/N-ethyl adjacent to an activating group) is 1. The number of unbranched alkanes of at least 4 members (excludes halogenated alkanes) is 2. The standard InChI is InChI=1S/C21H40N3O11P/c1-6-29-20(26)31-12-8-10-14-33-36(28,34-15-11-9-13-32-21(27)30-7-2)23-19(22)24(5)16-18(25)35-17(3)4/h17H,6-16H2,1-5H3,(H2,22,23,28). The molecular weight excluding hydrogens is 501 g/mol. The number of guanidine groups is 1. The van der Waals surface area contributed by atoms with Gasteiger partial charge < -0.3 is 34.3 Å². The Morgan fingerprint density at radius 3 is 1.69 bits per heavy atom. The highest BCUT2D eigenvalue weighted by Gasteiger charge is 2.26. The van der Waals surface area contributed by atoms with Crippen molar-refractivity contribution in [2.45, 2.75) is 59.5 Å². The Labute approximate surface area is 212 Å². The Morgan fingerprint density at radius 2 is 1.28 bits per heavy atom. The van der Waals surface area contributed by atoms with Gasteiger partial charge in [-0.25, -0.2) is 14.2 Å². The molecule has 0 radical (unpaired) electrons. The fraction of sp³-hybridized carbons (Fsp3) is 0.810. The Kier molecular flexibility index (Phi) is 18.2. The van der Waals surface area contributed by atoms with Crippen molar-refractivity contribution in [1.29, 1.82) is 0 Å². The fourth-order valence-corrected chi connectivity index (χ4v) is 3.58. The zero-order chi connectivity index (χ0) is 27.4. The van der Waals surface area contributed by atoms with E-state index < -0.39 is 26.0 Å². The van der Waals surface area contributed by atoms with Crippen molar-refractivity contribution in [3.05, 3.63) is 0 Å². The lowest BCUT2D eigenvalue weighted by Gasteiger charge is -2.20. The van der Waals surface area contributed by atoms with Crippen molar-refractivity contribution in [3.8, 4) is 0 Å². The summed E-state index contributed by atoms with van der Waals surface area (Å²) in [6.07, 6.45) is -0.235. The molecule has 0 bridgehead atoms. The van der Waals surface area contributed by atoms with Crippen LogP contribution in [0.15, 0.2) is 4.76 Å².